The highest BCUT2D eigenvalue weighted by atomic mass is 16.6. The number of methoxy groups -OCH3 is 1. The van der Waals surface area contributed by atoms with Gasteiger partial charge in [0.2, 0.25) is 0 Å². The van der Waals surface area contributed by atoms with Crippen LogP contribution in [-0.4, -0.2) is 35.9 Å². The van der Waals surface area contributed by atoms with Crippen LogP contribution < -0.4 is 0 Å². The maximum absolute atomic E-state index is 12.0. The Hall–Kier alpha value is -1.10. The lowest BCUT2D eigenvalue weighted by molar-refractivity contribution is -0.172. The third kappa shape index (κ3) is 6.00. The second-order valence-electron chi connectivity index (χ2n) is 5.74. The van der Waals surface area contributed by atoms with Gasteiger partial charge in [-0.05, 0) is 33.1 Å². The van der Waals surface area contributed by atoms with E-state index in [1.54, 1.807) is 20.8 Å². The van der Waals surface area contributed by atoms with Gasteiger partial charge in [-0.25, -0.2) is 4.79 Å². The number of esters is 2. The fraction of sp³-hybridized carbons (Fsp3) is 0.846. The molecule has 0 aliphatic rings. The molecule has 0 aliphatic carbocycles. The lowest BCUT2D eigenvalue weighted by atomic mass is 9.92. The normalized spacial score (nSPS) is 15.1. The van der Waals surface area contributed by atoms with Gasteiger partial charge in [0.05, 0.1) is 13.0 Å². The van der Waals surface area contributed by atoms with Crippen LogP contribution in [0.3, 0.4) is 0 Å². The Bertz CT molecular complexity index is 290. The fourth-order valence-electron chi connectivity index (χ4n) is 1.52. The number of aliphatic hydroxyl groups excluding tert-OH is 1. The van der Waals surface area contributed by atoms with Crippen molar-refractivity contribution in [2.24, 2.45) is 11.8 Å². The van der Waals surface area contributed by atoms with Crippen LogP contribution in [0.1, 0.15) is 41.0 Å². The molecule has 0 saturated heterocycles. The molecule has 5 nitrogen and oxygen atoms in total. The van der Waals surface area contributed by atoms with Gasteiger partial charge in [0.15, 0.2) is 6.10 Å². The summed E-state index contributed by atoms with van der Waals surface area (Å²) in [6.45, 7) is 9.02. The molecule has 0 aromatic carbocycles. The van der Waals surface area contributed by atoms with E-state index in [4.69, 9.17) is 4.74 Å². The summed E-state index contributed by atoms with van der Waals surface area (Å²) in [5.41, 5.74) is -0.651. The molecule has 0 spiro atoms. The summed E-state index contributed by atoms with van der Waals surface area (Å²) in [4.78, 5) is 23.3. The zero-order chi connectivity index (χ0) is 14.5. The summed E-state index contributed by atoms with van der Waals surface area (Å²) < 4.78 is 9.67. The molecule has 1 N–H and O–H groups in total. The maximum atomic E-state index is 12.0. The van der Waals surface area contributed by atoms with Crippen LogP contribution in [0.15, 0.2) is 0 Å². The molecule has 0 heterocycles. The summed E-state index contributed by atoms with van der Waals surface area (Å²) >= 11 is 0. The van der Waals surface area contributed by atoms with Crippen LogP contribution in [0.25, 0.3) is 0 Å². The molecule has 0 rings (SSSR count). The van der Waals surface area contributed by atoms with Crippen molar-refractivity contribution in [3.8, 4) is 0 Å². The van der Waals surface area contributed by atoms with E-state index in [0.717, 1.165) is 0 Å². The molecule has 0 bridgehead atoms. The molecule has 0 aromatic rings. The number of carbonyl (C=O) groups excluding carboxylic acids is 2. The molecule has 0 aromatic heterocycles. The van der Waals surface area contributed by atoms with Crippen LogP contribution in [-0.2, 0) is 19.1 Å². The molecule has 0 saturated carbocycles. The lowest BCUT2D eigenvalue weighted by Crippen LogP contribution is -2.40. The molecule has 18 heavy (non-hydrogen) atoms. The van der Waals surface area contributed by atoms with Crippen molar-refractivity contribution in [2.75, 3.05) is 7.11 Å². The average Bonchev–Trinajstić information content (AvgIpc) is 2.20. The minimum atomic E-state index is -1.48. The van der Waals surface area contributed by atoms with Crippen molar-refractivity contribution in [1.82, 2.24) is 0 Å². The first-order valence-electron chi connectivity index (χ1n) is 6.07. The van der Waals surface area contributed by atoms with Gasteiger partial charge in [-0.3, -0.25) is 4.79 Å². The second kappa shape index (κ2) is 6.73. The van der Waals surface area contributed by atoms with E-state index >= 15 is 0 Å². The van der Waals surface area contributed by atoms with Crippen molar-refractivity contribution >= 4 is 11.9 Å². The van der Waals surface area contributed by atoms with Crippen molar-refractivity contribution in [3.05, 3.63) is 0 Å². The average molecular weight is 260 g/mol. The van der Waals surface area contributed by atoms with E-state index in [0.29, 0.717) is 6.42 Å². The lowest BCUT2D eigenvalue weighted by Gasteiger charge is -2.26. The van der Waals surface area contributed by atoms with Gasteiger partial charge in [0.25, 0.3) is 0 Å². The van der Waals surface area contributed by atoms with E-state index in [-0.39, 0.29) is 5.92 Å². The van der Waals surface area contributed by atoms with Gasteiger partial charge >= 0.3 is 11.9 Å². The van der Waals surface area contributed by atoms with Gasteiger partial charge in [0, 0.05) is 0 Å². The number of hydrogen-bond acceptors (Lipinski definition) is 5. The second-order valence-corrected chi connectivity index (χ2v) is 5.74. The molecular weight excluding hydrogens is 236 g/mol. The topological polar surface area (TPSA) is 72.8 Å². The smallest absolute Gasteiger partial charge is 0.335 e. The molecule has 106 valence electrons. The van der Waals surface area contributed by atoms with Crippen molar-refractivity contribution in [3.63, 3.8) is 0 Å². The number of carbonyl (C=O) groups is 2. The van der Waals surface area contributed by atoms with E-state index in [9.17, 15) is 14.7 Å². The molecule has 0 unspecified atom stereocenters. The van der Waals surface area contributed by atoms with Crippen molar-refractivity contribution in [2.45, 2.75) is 52.7 Å². The molecule has 0 radical (unpaired) electrons. The van der Waals surface area contributed by atoms with Crippen LogP contribution in [0.4, 0.5) is 0 Å². The van der Waals surface area contributed by atoms with Crippen LogP contribution in [0.5, 0.6) is 0 Å². The standard InChI is InChI=1S/C13H24O5/c1-8(2)7-9(10(14)12(16)17-6)11(15)18-13(3,4)5/h8-10,14H,7H2,1-6H3/t9-,10-/m0/s1. The van der Waals surface area contributed by atoms with Gasteiger partial charge in [0.1, 0.15) is 5.60 Å². The third-order valence-electron chi connectivity index (χ3n) is 2.26. The summed E-state index contributed by atoms with van der Waals surface area (Å²) in [7, 11) is 1.17. The zero-order valence-corrected chi connectivity index (χ0v) is 12.0. The Morgan fingerprint density at radius 1 is 1.17 bits per heavy atom. The first-order valence-corrected chi connectivity index (χ1v) is 6.07. The van der Waals surface area contributed by atoms with Crippen molar-refractivity contribution in [1.29, 1.82) is 0 Å². The van der Waals surface area contributed by atoms with E-state index < -0.39 is 29.6 Å². The molecule has 0 amide bonds. The Labute approximate surface area is 108 Å². The van der Waals surface area contributed by atoms with Crippen LogP contribution in [0, 0.1) is 11.8 Å². The molecule has 0 aliphatic heterocycles. The minimum Gasteiger partial charge on any atom is -0.467 e. The van der Waals surface area contributed by atoms with E-state index in [1.807, 2.05) is 13.8 Å². The Kier molecular flexibility index (Phi) is 6.32. The SMILES string of the molecule is COC(=O)[C@@H](O)[C@H](CC(C)C)C(=O)OC(C)(C)C. The summed E-state index contributed by atoms with van der Waals surface area (Å²) in [6.07, 6.45) is -1.11. The summed E-state index contributed by atoms with van der Waals surface area (Å²) in [6, 6.07) is 0. The first-order chi connectivity index (χ1) is 8.08. The Morgan fingerprint density at radius 3 is 2.00 bits per heavy atom. The fourth-order valence-corrected chi connectivity index (χ4v) is 1.52. The van der Waals surface area contributed by atoms with E-state index in [2.05, 4.69) is 4.74 Å². The Balaban J connectivity index is 4.88. The molecule has 0 fully saturated rings. The van der Waals surface area contributed by atoms with Crippen molar-refractivity contribution < 1.29 is 24.2 Å². The van der Waals surface area contributed by atoms with Gasteiger partial charge in [-0.1, -0.05) is 13.8 Å². The monoisotopic (exact) mass is 260 g/mol. The third-order valence-corrected chi connectivity index (χ3v) is 2.26. The van der Waals surface area contributed by atoms with Gasteiger partial charge in [-0.15, -0.1) is 0 Å². The molecule has 5 heteroatoms. The summed E-state index contributed by atoms with van der Waals surface area (Å²) in [5, 5.41) is 9.82. The first kappa shape index (κ1) is 16.9. The number of hydrogen-bond donors (Lipinski definition) is 1. The number of ether oxygens (including phenoxy) is 2. The highest BCUT2D eigenvalue weighted by Crippen LogP contribution is 2.21. The quantitative estimate of drug-likeness (QED) is 0.759. The maximum Gasteiger partial charge on any atom is 0.335 e. The van der Waals surface area contributed by atoms with Gasteiger partial charge in [-0.2, -0.15) is 0 Å². The highest BCUT2D eigenvalue weighted by Gasteiger charge is 2.36. The largest absolute Gasteiger partial charge is 0.467 e. The van der Waals surface area contributed by atoms with Crippen LogP contribution in [0.2, 0.25) is 0 Å². The number of aliphatic hydroxyl groups is 1. The zero-order valence-electron chi connectivity index (χ0n) is 12.0. The van der Waals surface area contributed by atoms with E-state index in [1.165, 1.54) is 7.11 Å². The Morgan fingerprint density at radius 2 is 1.67 bits per heavy atom. The van der Waals surface area contributed by atoms with Gasteiger partial charge < -0.3 is 14.6 Å². The van der Waals surface area contributed by atoms with Crippen LogP contribution >= 0.6 is 0 Å². The molecule has 2 atom stereocenters. The minimum absolute atomic E-state index is 0.154. The highest BCUT2D eigenvalue weighted by molar-refractivity contribution is 5.83. The number of rotatable bonds is 5. The predicted molar refractivity (Wildman–Crippen MR) is 66.8 cm³/mol. The molecular formula is C13H24O5. The predicted octanol–water partition coefficient (Wildman–Crippen LogP) is 1.52. The summed E-state index contributed by atoms with van der Waals surface area (Å²) in [5.74, 6) is -2.13.